The van der Waals surface area contributed by atoms with Gasteiger partial charge >= 0.3 is 6.03 Å². The number of nitrogens with one attached hydrogen (secondary N) is 1. The normalized spacial score (nSPS) is 22.1. The summed E-state index contributed by atoms with van der Waals surface area (Å²) >= 11 is 0. The third-order valence-corrected chi connectivity index (χ3v) is 6.62. The van der Waals surface area contributed by atoms with Crippen LogP contribution in [-0.2, 0) is 11.2 Å². The van der Waals surface area contributed by atoms with Crippen LogP contribution < -0.4 is 10.2 Å². The molecular weight excluding hydrogens is 368 g/mol. The molecule has 0 bridgehead atoms. The average molecular weight is 396 g/mol. The first-order chi connectivity index (χ1) is 14.2. The lowest BCUT2D eigenvalue weighted by Gasteiger charge is -2.42. The molecule has 0 unspecified atom stereocenters. The number of aromatic nitrogens is 1. The Morgan fingerprint density at radius 1 is 1.10 bits per heavy atom. The Morgan fingerprint density at radius 3 is 2.72 bits per heavy atom. The first kappa shape index (κ1) is 18.6. The third-order valence-electron chi connectivity index (χ3n) is 6.62. The summed E-state index contributed by atoms with van der Waals surface area (Å²) in [6, 6.07) is 5.70. The van der Waals surface area contributed by atoms with Gasteiger partial charge in [-0.15, -0.1) is 0 Å². The monoisotopic (exact) mass is 396 g/mol. The van der Waals surface area contributed by atoms with Crippen LogP contribution >= 0.6 is 0 Å². The number of carbonyl (C=O) groups excluding carboxylic acids is 2. The summed E-state index contributed by atoms with van der Waals surface area (Å²) in [5, 5.41) is 7.28. The van der Waals surface area contributed by atoms with Crippen LogP contribution in [0.3, 0.4) is 0 Å². The average Bonchev–Trinajstić information content (AvgIpc) is 3.10. The van der Waals surface area contributed by atoms with Gasteiger partial charge in [-0.25, -0.2) is 4.79 Å². The summed E-state index contributed by atoms with van der Waals surface area (Å²) in [4.78, 5) is 27.7. The Hall–Kier alpha value is -2.41. The topological polar surface area (TPSA) is 78.7 Å². The molecular formula is C22H28N4O3. The van der Waals surface area contributed by atoms with Crippen LogP contribution in [0.5, 0.6) is 0 Å². The number of urea groups is 1. The summed E-state index contributed by atoms with van der Waals surface area (Å²) < 4.78 is 5.41. The Morgan fingerprint density at radius 2 is 1.93 bits per heavy atom. The number of likely N-dealkylation sites (tertiary alicyclic amines) is 1. The zero-order chi connectivity index (χ0) is 19.8. The maximum Gasteiger partial charge on any atom is 0.329 e. The SMILES string of the molecule is O=C1CCN(c2noc3ccc(CC4CN(CC5CCCCC5)C4)cc23)C(=O)N1. The Balaban J connectivity index is 1.23. The lowest BCUT2D eigenvalue weighted by atomic mass is 9.86. The molecule has 1 N–H and O–H groups in total. The van der Waals surface area contributed by atoms with Gasteiger partial charge in [-0.05, 0) is 48.8 Å². The number of hydrogen-bond donors (Lipinski definition) is 1. The van der Waals surface area contributed by atoms with E-state index < -0.39 is 6.03 Å². The zero-order valence-corrected chi connectivity index (χ0v) is 16.7. The molecule has 154 valence electrons. The molecule has 1 saturated carbocycles. The number of fused-ring (bicyclic) bond motifs is 1. The quantitative estimate of drug-likeness (QED) is 0.839. The number of nitrogens with zero attached hydrogens (tertiary/aromatic N) is 3. The van der Waals surface area contributed by atoms with E-state index in [4.69, 9.17) is 4.52 Å². The molecule has 1 aromatic carbocycles. The molecule has 3 amide bonds. The number of imide groups is 1. The highest BCUT2D eigenvalue weighted by atomic mass is 16.5. The van der Waals surface area contributed by atoms with Crippen LogP contribution in [0.25, 0.3) is 11.0 Å². The highest BCUT2D eigenvalue weighted by Crippen LogP contribution is 2.31. The Kier molecular flexibility index (Phi) is 4.99. The summed E-state index contributed by atoms with van der Waals surface area (Å²) in [6.45, 7) is 3.97. The first-order valence-corrected chi connectivity index (χ1v) is 10.9. The van der Waals surface area contributed by atoms with Crippen molar-refractivity contribution < 1.29 is 14.1 Å². The van der Waals surface area contributed by atoms with Crippen LogP contribution in [0, 0.1) is 11.8 Å². The lowest BCUT2D eigenvalue weighted by molar-refractivity contribution is -0.120. The first-order valence-electron chi connectivity index (χ1n) is 10.9. The molecule has 0 atom stereocenters. The highest BCUT2D eigenvalue weighted by Gasteiger charge is 2.30. The minimum atomic E-state index is -0.431. The minimum Gasteiger partial charge on any atom is -0.354 e. The molecule has 29 heavy (non-hydrogen) atoms. The van der Waals surface area contributed by atoms with E-state index in [1.54, 1.807) is 0 Å². The van der Waals surface area contributed by atoms with Crippen LogP contribution in [0.2, 0.25) is 0 Å². The predicted octanol–water partition coefficient (Wildman–Crippen LogP) is 3.33. The predicted molar refractivity (Wildman–Crippen MR) is 110 cm³/mol. The third kappa shape index (κ3) is 3.88. The molecule has 2 aliphatic heterocycles. The molecule has 3 aliphatic rings. The number of benzene rings is 1. The fourth-order valence-electron chi connectivity index (χ4n) is 5.08. The molecule has 3 heterocycles. The second-order valence-corrected chi connectivity index (χ2v) is 8.88. The van der Waals surface area contributed by atoms with Gasteiger partial charge in [-0.3, -0.25) is 15.0 Å². The van der Waals surface area contributed by atoms with E-state index in [2.05, 4.69) is 27.5 Å². The maximum absolute atomic E-state index is 12.2. The molecule has 1 aliphatic carbocycles. The van der Waals surface area contributed by atoms with Crippen molar-refractivity contribution in [1.82, 2.24) is 15.4 Å². The molecule has 1 aromatic heterocycles. The van der Waals surface area contributed by atoms with Gasteiger partial charge < -0.3 is 9.42 Å². The standard InChI is InChI=1S/C22H28N4O3/c27-20-8-9-26(22(28)23-20)21-18-11-16(6-7-19(18)29-24-21)10-17-13-25(14-17)12-15-4-2-1-3-5-15/h6-7,11,15,17H,1-5,8-10,12-14H2,(H,23,27,28). The molecule has 7 heteroatoms. The molecule has 7 nitrogen and oxygen atoms in total. The van der Waals surface area contributed by atoms with Gasteiger partial charge in [-0.2, -0.15) is 0 Å². The Labute approximate surface area is 170 Å². The summed E-state index contributed by atoms with van der Waals surface area (Å²) in [7, 11) is 0. The van der Waals surface area contributed by atoms with E-state index >= 15 is 0 Å². The number of rotatable bonds is 5. The van der Waals surface area contributed by atoms with Crippen molar-refractivity contribution in [1.29, 1.82) is 0 Å². The van der Waals surface area contributed by atoms with Crippen molar-refractivity contribution >= 4 is 28.7 Å². The van der Waals surface area contributed by atoms with Crippen molar-refractivity contribution in [2.75, 3.05) is 31.1 Å². The minimum absolute atomic E-state index is 0.248. The maximum atomic E-state index is 12.2. The number of anilines is 1. The number of hydrogen-bond acceptors (Lipinski definition) is 5. The van der Waals surface area contributed by atoms with Crippen molar-refractivity contribution in [3.8, 4) is 0 Å². The van der Waals surface area contributed by atoms with E-state index in [9.17, 15) is 9.59 Å². The van der Waals surface area contributed by atoms with E-state index in [1.165, 1.54) is 62.2 Å². The number of amides is 3. The summed E-state index contributed by atoms with van der Waals surface area (Å²) in [5.41, 5.74) is 1.92. The van der Waals surface area contributed by atoms with Gasteiger partial charge in [0.25, 0.3) is 0 Å². The lowest BCUT2D eigenvalue weighted by Crippen LogP contribution is -2.49. The van der Waals surface area contributed by atoms with Crippen LogP contribution in [-0.4, -0.2) is 48.2 Å². The molecule has 3 fully saturated rings. The highest BCUT2D eigenvalue weighted by molar-refractivity contribution is 6.08. The van der Waals surface area contributed by atoms with Crippen LogP contribution in [0.15, 0.2) is 22.7 Å². The van der Waals surface area contributed by atoms with Gasteiger partial charge in [0.15, 0.2) is 11.4 Å². The van der Waals surface area contributed by atoms with Gasteiger partial charge in [0, 0.05) is 32.6 Å². The molecule has 0 radical (unpaired) electrons. The zero-order valence-electron chi connectivity index (χ0n) is 16.7. The fraction of sp³-hybridized carbons (Fsp3) is 0.591. The van der Waals surface area contributed by atoms with E-state index in [0.717, 1.165) is 17.7 Å². The second kappa shape index (κ2) is 7.78. The van der Waals surface area contributed by atoms with E-state index in [0.29, 0.717) is 23.9 Å². The van der Waals surface area contributed by atoms with Gasteiger partial charge in [0.05, 0.1) is 5.39 Å². The summed E-state index contributed by atoms with van der Waals surface area (Å²) in [6.07, 6.45) is 8.36. The fourth-order valence-corrected chi connectivity index (χ4v) is 5.08. The van der Waals surface area contributed by atoms with Crippen LogP contribution in [0.1, 0.15) is 44.1 Å². The molecule has 2 aromatic rings. The van der Waals surface area contributed by atoms with Crippen LogP contribution in [0.4, 0.5) is 10.6 Å². The molecule has 2 saturated heterocycles. The molecule has 0 spiro atoms. The number of carbonyl (C=O) groups is 2. The summed E-state index contributed by atoms with van der Waals surface area (Å²) in [5.74, 6) is 1.85. The second-order valence-electron chi connectivity index (χ2n) is 8.88. The molecule has 5 rings (SSSR count). The van der Waals surface area contributed by atoms with Gasteiger partial charge in [0.1, 0.15) is 0 Å². The largest absolute Gasteiger partial charge is 0.354 e. The van der Waals surface area contributed by atoms with E-state index in [-0.39, 0.29) is 12.3 Å². The van der Waals surface area contributed by atoms with Crippen molar-refractivity contribution in [2.45, 2.75) is 44.9 Å². The van der Waals surface area contributed by atoms with Crippen molar-refractivity contribution in [3.05, 3.63) is 23.8 Å². The van der Waals surface area contributed by atoms with Gasteiger partial charge in [-0.1, -0.05) is 30.5 Å². The van der Waals surface area contributed by atoms with Gasteiger partial charge in [0.2, 0.25) is 5.91 Å². The van der Waals surface area contributed by atoms with E-state index in [1.807, 2.05) is 6.07 Å². The smallest absolute Gasteiger partial charge is 0.329 e. The van der Waals surface area contributed by atoms with Crippen molar-refractivity contribution in [3.63, 3.8) is 0 Å². The Bertz CT molecular complexity index is 912. The van der Waals surface area contributed by atoms with Crippen molar-refractivity contribution in [2.24, 2.45) is 11.8 Å².